The van der Waals surface area contributed by atoms with E-state index >= 15 is 0 Å². The lowest BCUT2D eigenvalue weighted by Crippen LogP contribution is -2.58. The van der Waals surface area contributed by atoms with Gasteiger partial charge in [-0.1, -0.05) is 37.3 Å². The molecule has 6 heteroatoms. The van der Waals surface area contributed by atoms with Crippen LogP contribution in [0.25, 0.3) is 0 Å². The molecule has 3 aliphatic heterocycles. The fraction of sp³-hybridized carbons (Fsp3) is 0.552. The van der Waals surface area contributed by atoms with Crippen molar-refractivity contribution < 1.29 is 14.3 Å². The van der Waals surface area contributed by atoms with Crippen LogP contribution in [-0.2, 0) is 24.2 Å². The summed E-state index contributed by atoms with van der Waals surface area (Å²) in [5, 5.41) is 3.55. The molecule has 1 N–H and O–H groups in total. The van der Waals surface area contributed by atoms with Gasteiger partial charge in [-0.15, -0.1) is 0 Å². The summed E-state index contributed by atoms with van der Waals surface area (Å²) in [4.78, 5) is 18.6. The van der Waals surface area contributed by atoms with Gasteiger partial charge in [-0.25, -0.2) is 0 Å². The van der Waals surface area contributed by atoms with Crippen LogP contribution in [0, 0.1) is 11.8 Å². The van der Waals surface area contributed by atoms with Gasteiger partial charge in [0.05, 0.1) is 6.04 Å². The second-order valence-corrected chi connectivity index (χ2v) is 10.8. The van der Waals surface area contributed by atoms with Crippen LogP contribution < -0.4 is 14.8 Å². The highest BCUT2D eigenvalue weighted by Gasteiger charge is 2.44. The van der Waals surface area contributed by atoms with E-state index in [1.807, 2.05) is 6.07 Å². The van der Waals surface area contributed by atoms with Gasteiger partial charge in [0, 0.05) is 32.2 Å². The number of likely N-dealkylation sites (tertiary alicyclic amines) is 1. The third-order valence-corrected chi connectivity index (χ3v) is 8.53. The number of carbonyl (C=O) groups is 1. The van der Waals surface area contributed by atoms with Gasteiger partial charge < -0.3 is 19.7 Å². The second kappa shape index (κ2) is 9.82. The molecule has 0 aromatic heterocycles. The van der Waals surface area contributed by atoms with Crippen molar-refractivity contribution >= 4 is 5.91 Å². The minimum atomic E-state index is -0.0479. The van der Waals surface area contributed by atoms with E-state index in [9.17, 15) is 4.79 Å². The first-order valence-electron chi connectivity index (χ1n) is 13.4. The number of rotatable bonds is 7. The Hall–Kier alpha value is -2.57. The van der Waals surface area contributed by atoms with Gasteiger partial charge in [0.25, 0.3) is 0 Å². The third kappa shape index (κ3) is 4.66. The maximum Gasteiger partial charge on any atom is 0.237 e. The molecule has 35 heavy (non-hydrogen) atoms. The second-order valence-electron chi connectivity index (χ2n) is 10.8. The summed E-state index contributed by atoms with van der Waals surface area (Å²) < 4.78 is 11.0. The van der Waals surface area contributed by atoms with Crippen molar-refractivity contribution in [1.29, 1.82) is 0 Å². The van der Waals surface area contributed by atoms with Gasteiger partial charge in [-0.2, -0.15) is 0 Å². The fourth-order valence-corrected chi connectivity index (χ4v) is 6.74. The molecule has 0 spiro atoms. The number of hydrogen-bond donors (Lipinski definition) is 1. The number of ether oxygens (including phenoxy) is 2. The Morgan fingerprint density at radius 2 is 1.77 bits per heavy atom. The average Bonchev–Trinajstić information content (AvgIpc) is 3.42. The van der Waals surface area contributed by atoms with E-state index in [0.717, 1.165) is 63.5 Å². The highest BCUT2D eigenvalue weighted by molar-refractivity contribution is 5.83. The molecule has 6 nitrogen and oxygen atoms in total. The van der Waals surface area contributed by atoms with Gasteiger partial charge in [-0.05, 0) is 79.3 Å². The van der Waals surface area contributed by atoms with Crippen LogP contribution in [0.1, 0.15) is 42.9 Å². The molecule has 1 saturated heterocycles. The Morgan fingerprint density at radius 1 is 1.00 bits per heavy atom. The molecule has 6 rings (SSSR count). The molecule has 1 aliphatic carbocycles. The molecule has 2 fully saturated rings. The number of amides is 1. The summed E-state index contributed by atoms with van der Waals surface area (Å²) in [5.74, 6) is 3.08. The summed E-state index contributed by atoms with van der Waals surface area (Å²) >= 11 is 0. The molecule has 186 valence electrons. The van der Waals surface area contributed by atoms with Gasteiger partial charge in [0.15, 0.2) is 11.5 Å². The maximum atomic E-state index is 13.6. The lowest BCUT2D eigenvalue weighted by atomic mass is 9.89. The number of benzene rings is 2. The van der Waals surface area contributed by atoms with Crippen LogP contribution in [0.4, 0.5) is 0 Å². The summed E-state index contributed by atoms with van der Waals surface area (Å²) in [7, 11) is 0. The Bertz CT molecular complexity index is 1060. The van der Waals surface area contributed by atoms with E-state index in [4.69, 9.17) is 9.47 Å². The van der Waals surface area contributed by atoms with Crippen LogP contribution in [0.3, 0.4) is 0 Å². The highest BCUT2D eigenvalue weighted by Crippen LogP contribution is 2.38. The van der Waals surface area contributed by atoms with E-state index < -0.39 is 0 Å². The van der Waals surface area contributed by atoms with Gasteiger partial charge >= 0.3 is 0 Å². The Morgan fingerprint density at radius 3 is 2.57 bits per heavy atom. The van der Waals surface area contributed by atoms with Crippen LogP contribution in [0.15, 0.2) is 42.5 Å². The molecule has 1 amide bonds. The molecule has 3 unspecified atom stereocenters. The lowest BCUT2D eigenvalue weighted by Gasteiger charge is -2.41. The monoisotopic (exact) mass is 475 g/mol. The molecule has 2 aromatic rings. The van der Waals surface area contributed by atoms with Crippen molar-refractivity contribution in [2.45, 2.75) is 57.7 Å². The molecular formula is C29H37N3O3. The number of nitrogens with zero attached hydrogens (tertiary/aromatic N) is 2. The van der Waals surface area contributed by atoms with Crippen molar-refractivity contribution in [2.24, 2.45) is 11.8 Å². The summed E-state index contributed by atoms with van der Waals surface area (Å²) in [5.41, 5.74) is 4.01. The zero-order valence-corrected chi connectivity index (χ0v) is 20.7. The van der Waals surface area contributed by atoms with Crippen LogP contribution in [0.5, 0.6) is 11.5 Å². The molecule has 3 atom stereocenters. The topological polar surface area (TPSA) is 54.0 Å². The van der Waals surface area contributed by atoms with Crippen LogP contribution >= 0.6 is 0 Å². The van der Waals surface area contributed by atoms with E-state index in [1.165, 1.54) is 29.5 Å². The fourth-order valence-electron chi connectivity index (χ4n) is 6.74. The van der Waals surface area contributed by atoms with Gasteiger partial charge in [-0.3, -0.25) is 9.69 Å². The predicted octanol–water partition coefficient (Wildman–Crippen LogP) is 3.62. The minimum absolute atomic E-state index is 0.0479. The smallest absolute Gasteiger partial charge is 0.237 e. The highest BCUT2D eigenvalue weighted by atomic mass is 16.7. The zero-order valence-electron chi connectivity index (χ0n) is 20.7. The van der Waals surface area contributed by atoms with Gasteiger partial charge in [0.2, 0.25) is 12.7 Å². The van der Waals surface area contributed by atoms with Crippen molar-refractivity contribution in [1.82, 2.24) is 15.1 Å². The number of carbonyl (C=O) groups excluding carboxylic acids is 1. The molecular weight excluding hydrogens is 438 g/mol. The number of fused-ring (bicyclic) bond motifs is 4. The van der Waals surface area contributed by atoms with Crippen LogP contribution in [0.2, 0.25) is 0 Å². The Balaban J connectivity index is 1.06. The van der Waals surface area contributed by atoms with Gasteiger partial charge in [0.1, 0.15) is 0 Å². The van der Waals surface area contributed by atoms with Crippen molar-refractivity contribution in [3.05, 3.63) is 59.2 Å². The summed E-state index contributed by atoms with van der Waals surface area (Å²) in [6, 6.07) is 15.2. The maximum absolute atomic E-state index is 13.6. The average molecular weight is 476 g/mol. The van der Waals surface area contributed by atoms with Crippen molar-refractivity contribution in [2.75, 3.05) is 33.0 Å². The number of hydrogen-bond acceptors (Lipinski definition) is 5. The Labute approximate surface area is 208 Å². The van der Waals surface area contributed by atoms with Crippen molar-refractivity contribution in [3.8, 4) is 11.5 Å². The SMILES string of the molecule is CCCN1Cc2ccccc2CC1C(=O)NC1C2CCC1CN(CCc1ccc3c(c1)OCO3)C2. The largest absolute Gasteiger partial charge is 0.454 e. The predicted molar refractivity (Wildman–Crippen MR) is 135 cm³/mol. The number of piperidine rings is 1. The normalized spacial score (nSPS) is 27.6. The lowest BCUT2D eigenvalue weighted by molar-refractivity contribution is -0.128. The first kappa shape index (κ1) is 22.9. The molecule has 0 radical (unpaired) electrons. The molecule has 4 aliphatic rings. The molecule has 1 saturated carbocycles. The van der Waals surface area contributed by atoms with E-state index in [-0.39, 0.29) is 11.9 Å². The quantitative estimate of drug-likeness (QED) is 0.663. The first-order valence-corrected chi connectivity index (χ1v) is 13.4. The summed E-state index contributed by atoms with van der Waals surface area (Å²) in [6.07, 6.45) is 5.36. The molecule has 2 bridgehead atoms. The molecule has 2 aromatic carbocycles. The summed E-state index contributed by atoms with van der Waals surface area (Å²) in [6.45, 7) is 7.60. The van der Waals surface area contributed by atoms with E-state index in [1.54, 1.807) is 0 Å². The molecule has 3 heterocycles. The van der Waals surface area contributed by atoms with Crippen molar-refractivity contribution in [3.63, 3.8) is 0 Å². The zero-order chi connectivity index (χ0) is 23.8. The Kier molecular flexibility index (Phi) is 6.42. The number of nitrogens with one attached hydrogen (secondary N) is 1. The minimum Gasteiger partial charge on any atom is -0.454 e. The first-order chi connectivity index (χ1) is 17.2. The van der Waals surface area contributed by atoms with E-state index in [0.29, 0.717) is 24.7 Å². The standard InChI is InChI=1S/C29H37N3O3/c1-2-12-32-18-22-6-4-3-5-21(22)15-25(32)29(33)30-28-23-8-9-24(28)17-31(16-23)13-11-20-7-10-26-27(14-20)35-19-34-26/h3-7,10,14,23-25,28H,2,8-9,11-13,15-19H2,1H3,(H,30,33). The van der Waals surface area contributed by atoms with Crippen LogP contribution in [-0.4, -0.2) is 60.8 Å². The third-order valence-electron chi connectivity index (χ3n) is 8.53. The van der Waals surface area contributed by atoms with E-state index in [2.05, 4.69) is 58.4 Å².